The van der Waals surface area contributed by atoms with Crippen LogP contribution in [0, 0.1) is 0 Å². The van der Waals surface area contributed by atoms with Gasteiger partial charge in [-0.25, -0.2) is 4.79 Å². The summed E-state index contributed by atoms with van der Waals surface area (Å²) in [7, 11) is -0.523. The van der Waals surface area contributed by atoms with Crippen molar-refractivity contribution in [3.63, 3.8) is 0 Å². The van der Waals surface area contributed by atoms with E-state index < -0.39 is 30.3 Å². The summed E-state index contributed by atoms with van der Waals surface area (Å²) in [5.41, 5.74) is 6.51. The lowest BCUT2D eigenvalue weighted by Gasteiger charge is -2.32. The summed E-state index contributed by atoms with van der Waals surface area (Å²) in [4.78, 5) is 11.0. The van der Waals surface area contributed by atoms with Crippen LogP contribution in [0.15, 0.2) is 17.9 Å². The molecule has 1 aromatic rings. The highest BCUT2D eigenvalue weighted by molar-refractivity contribution is 6.55. The number of carboxylic acid groups (broad SMARTS) is 1. The number of rotatable bonds is 5. The van der Waals surface area contributed by atoms with Gasteiger partial charge in [-0.15, -0.1) is 0 Å². The zero-order chi connectivity index (χ0) is 17.4. The van der Waals surface area contributed by atoms with Crippen molar-refractivity contribution in [3.8, 4) is 0 Å². The van der Waals surface area contributed by atoms with E-state index in [0.29, 0.717) is 0 Å². The number of hydrogen-bond acceptors (Lipinski definition) is 5. The van der Waals surface area contributed by atoms with Crippen molar-refractivity contribution in [2.75, 3.05) is 6.54 Å². The van der Waals surface area contributed by atoms with Crippen molar-refractivity contribution in [2.24, 2.45) is 5.73 Å². The minimum absolute atomic E-state index is 0.274. The molecule has 8 heteroatoms. The smallest absolute Gasteiger partial charge is 0.480 e. The third-order valence-electron chi connectivity index (χ3n) is 4.52. The van der Waals surface area contributed by atoms with Gasteiger partial charge >= 0.3 is 13.1 Å². The van der Waals surface area contributed by atoms with Crippen molar-refractivity contribution in [1.82, 2.24) is 9.78 Å². The zero-order valence-electron chi connectivity index (χ0n) is 14.2. The molecule has 7 nitrogen and oxygen atoms in total. The van der Waals surface area contributed by atoms with Crippen LogP contribution >= 0.6 is 0 Å². The fourth-order valence-corrected chi connectivity index (χ4v) is 2.18. The molecule has 1 aliphatic heterocycles. The lowest BCUT2D eigenvalue weighted by atomic mass is 9.77. The summed E-state index contributed by atoms with van der Waals surface area (Å²) < 4.78 is 13.4. The molecule has 0 bridgehead atoms. The lowest BCUT2D eigenvalue weighted by Crippen LogP contribution is -2.41. The maximum atomic E-state index is 11.0. The first-order valence-electron chi connectivity index (χ1n) is 7.60. The quantitative estimate of drug-likeness (QED) is 0.797. The molecule has 126 valence electrons. The van der Waals surface area contributed by atoms with Crippen molar-refractivity contribution in [2.45, 2.75) is 51.9 Å². The molecule has 1 fully saturated rings. The molecule has 2 rings (SSSR count). The summed E-state index contributed by atoms with van der Waals surface area (Å²) in [6.45, 7) is 9.76. The first kappa shape index (κ1) is 17.7. The number of carboxylic acids is 1. The highest BCUT2D eigenvalue weighted by Gasteiger charge is 2.52. The molecule has 1 atom stereocenters. The second-order valence-corrected chi connectivity index (χ2v) is 6.78. The Labute approximate surface area is 136 Å². The van der Waals surface area contributed by atoms with E-state index in [-0.39, 0.29) is 6.54 Å². The molecule has 0 amide bonds. The summed E-state index contributed by atoms with van der Waals surface area (Å²) in [5, 5.41) is 13.1. The third-order valence-corrected chi connectivity index (χ3v) is 4.52. The van der Waals surface area contributed by atoms with Gasteiger partial charge in [-0.1, -0.05) is 6.08 Å². The Kier molecular flexibility index (Phi) is 4.70. The Morgan fingerprint density at radius 2 is 2.00 bits per heavy atom. The van der Waals surface area contributed by atoms with Gasteiger partial charge < -0.3 is 20.1 Å². The molecule has 3 N–H and O–H groups in total. The summed E-state index contributed by atoms with van der Waals surface area (Å²) >= 11 is 0. The number of carbonyl (C=O) groups is 1. The van der Waals surface area contributed by atoms with Crippen LogP contribution in [0.3, 0.4) is 0 Å². The Morgan fingerprint density at radius 3 is 2.48 bits per heavy atom. The third kappa shape index (κ3) is 3.49. The van der Waals surface area contributed by atoms with Crippen LogP contribution in [0.25, 0.3) is 6.08 Å². The summed E-state index contributed by atoms with van der Waals surface area (Å²) in [5.74, 6) is -0.936. The van der Waals surface area contributed by atoms with Gasteiger partial charge in [0, 0.05) is 18.3 Å². The molecule has 0 aromatic carbocycles. The van der Waals surface area contributed by atoms with Gasteiger partial charge in [0.2, 0.25) is 0 Å². The minimum atomic E-state index is -0.936. The average Bonchev–Trinajstić information content (AvgIpc) is 2.98. The molecule has 1 saturated heterocycles. The van der Waals surface area contributed by atoms with Crippen LogP contribution in [0.4, 0.5) is 0 Å². The monoisotopic (exact) mass is 321 g/mol. The molecule has 1 aromatic heterocycles. The van der Waals surface area contributed by atoms with E-state index in [1.807, 2.05) is 33.8 Å². The molecule has 0 saturated carbocycles. The number of aromatic nitrogens is 2. The largest absolute Gasteiger partial charge is 0.491 e. The Bertz CT molecular complexity index is 608. The van der Waals surface area contributed by atoms with Gasteiger partial charge in [-0.3, -0.25) is 4.68 Å². The van der Waals surface area contributed by atoms with Crippen molar-refractivity contribution < 1.29 is 19.2 Å². The molecular formula is C15H24BN3O4. The van der Waals surface area contributed by atoms with Crippen LogP contribution in [0.2, 0.25) is 0 Å². The Balaban J connectivity index is 2.22. The second kappa shape index (κ2) is 6.11. The van der Waals surface area contributed by atoms with Crippen LogP contribution < -0.4 is 5.73 Å². The topological polar surface area (TPSA) is 99.6 Å². The lowest BCUT2D eigenvalue weighted by molar-refractivity contribution is -0.140. The molecule has 1 aliphatic rings. The molecule has 0 unspecified atom stereocenters. The maximum Gasteiger partial charge on any atom is 0.491 e. The Morgan fingerprint density at radius 1 is 1.43 bits per heavy atom. The molecule has 0 spiro atoms. The second-order valence-electron chi connectivity index (χ2n) is 6.78. The number of nitrogens with two attached hydrogens (primary N) is 1. The highest BCUT2D eigenvalue weighted by atomic mass is 16.7. The zero-order valence-corrected chi connectivity index (χ0v) is 14.2. The van der Waals surface area contributed by atoms with Crippen LogP contribution in [-0.4, -0.2) is 45.7 Å². The normalized spacial score (nSPS) is 21.5. The van der Waals surface area contributed by atoms with Gasteiger partial charge in [-0.05, 0) is 40.1 Å². The van der Waals surface area contributed by atoms with Gasteiger partial charge in [-0.2, -0.15) is 5.10 Å². The van der Waals surface area contributed by atoms with E-state index in [1.54, 1.807) is 19.3 Å². The summed E-state index contributed by atoms with van der Waals surface area (Å²) in [6.07, 6.45) is 5.10. The molecule has 2 heterocycles. The van der Waals surface area contributed by atoms with Crippen molar-refractivity contribution in [1.29, 1.82) is 0 Å². The number of aliphatic carboxylic acids is 1. The van der Waals surface area contributed by atoms with Gasteiger partial charge in [0.15, 0.2) is 0 Å². The maximum absolute atomic E-state index is 11.0. The number of nitrogens with zero attached hydrogens (tertiary/aromatic N) is 2. The predicted octanol–water partition coefficient (Wildman–Crippen LogP) is 1.50. The van der Waals surface area contributed by atoms with Crippen LogP contribution in [0.1, 0.15) is 46.2 Å². The fourth-order valence-electron chi connectivity index (χ4n) is 2.18. The highest BCUT2D eigenvalue weighted by Crippen LogP contribution is 2.38. The Hall–Kier alpha value is -1.64. The minimum Gasteiger partial charge on any atom is -0.480 e. The van der Waals surface area contributed by atoms with E-state index in [9.17, 15) is 4.79 Å². The van der Waals surface area contributed by atoms with Crippen LogP contribution in [-0.2, 0) is 14.1 Å². The van der Waals surface area contributed by atoms with E-state index in [4.69, 9.17) is 20.1 Å². The predicted molar refractivity (Wildman–Crippen MR) is 87.7 cm³/mol. The van der Waals surface area contributed by atoms with E-state index >= 15 is 0 Å². The van der Waals surface area contributed by atoms with Gasteiger partial charge in [0.05, 0.1) is 17.4 Å². The van der Waals surface area contributed by atoms with E-state index in [1.165, 1.54) is 4.68 Å². The molecule has 0 radical (unpaired) electrons. The van der Waals surface area contributed by atoms with Gasteiger partial charge in [0.25, 0.3) is 0 Å². The number of hydrogen-bond donors (Lipinski definition) is 2. The molecular weight excluding hydrogens is 297 g/mol. The summed E-state index contributed by atoms with van der Waals surface area (Å²) in [6, 6.07) is -0.727. The average molecular weight is 321 g/mol. The molecule has 0 aliphatic carbocycles. The first-order valence-corrected chi connectivity index (χ1v) is 7.60. The van der Waals surface area contributed by atoms with Gasteiger partial charge in [0.1, 0.15) is 6.04 Å². The van der Waals surface area contributed by atoms with Crippen LogP contribution in [0.5, 0.6) is 0 Å². The van der Waals surface area contributed by atoms with E-state index in [0.717, 1.165) is 11.0 Å². The fraction of sp³-hybridized carbons (Fsp3) is 0.600. The first-order chi connectivity index (χ1) is 10.6. The molecule has 23 heavy (non-hydrogen) atoms. The van der Waals surface area contributed by atoms with Crippen molar-refractivity contribution >= 4 is 19.2 Å². The SMILES string of the molecule is C[C@@H](C(=O)O)n1cc(C=C(CN)B2OC(C)(C)C(C)(C)O2)cn1. The van der Waals surface area contributed by atoms with E-state index in [2.05, 4.69) is 5.10 Å². The standard InChI is InChI=1S/C15H24BN3O4/c1-10(13(20)21)19-9-11(8-18-19)6-12(7-17)16-22-14(2,3)15(4,5)23-16/h6,8-10H,7,17H2,1-5H3,(H,20,21)/t10-/m0/s1. The van der Waals surface area contributed by atoms with Crippen molar-refractivity contribution in [3.05, 3.63) is 23.4 Å².